The van der Waals surface area contributed by atoms with Gasteiger partial charge in [-0.2, -0.15) is 0 Å². The van der Waals surface area contributed by atoms with E-state index >= 15 is 0 Å². The average molecular weight is 507 g/mol. The summed E-state index contributed by atoms with van der Waals surface area (Å²) < 4.78 is 0. The van der Waals surface area contributed by atoms with E-state index in [2.05, 4.69) is 67.3 Å². The van der Waals surface area contributed by atoms with E-state index < -0.39 is 12.0 Å². The molecule has 38 heavy (non-hydrogen) atoms. The lowest BCUT2D eigenvalue weighted by Crippen LogP contribution is -2.39. The number of amides is 1. The van der Waals surface area contributed by atoms with Crippen LogP contribution < -0.4 is 5.73 Å². The Labute approximate surface area is 226 Å². The van der Waals surface area contributed by atoms with Crippen LogP contribution in [-0.2, 0) is 12.8 Å². The first-order valence-electron chi connectivity index (χ1n) is 13.4. The van der Waals surface area contributed by atoms with E-state index in [0.29, 0.717) is 24.1 Å². The van der Waals surface area contributed by atoms with Crippen LogP contribution in [0.15, 0.2) is 109 Å². The molecule has 0 aliphatic heterocycles. The first-order valence-corrected chi connectivity index (χ1v) is 13.4. The Bertz CT molecular complexity index is 1290. The Hall–Kier alpha value is -3.73. The molecule has 0 radical (unpaired) electrons. The molecule has 4 rings (SSSR count). The molecule has 0 fully saturated rings. The Kier molecular flexibility index (Phi) is 9.47. The zero-order valence-corrected chi connectivity index (χ0v) is 22.3. The fourth-order valence-corrected chi connectivity index (χ4v) is 5.13. The van der Waals surface area contributed by atoms with E-state index in [4.69, 9.17) is 5.73 Å². The number of rotatable bonds is 12. The summed E-state index contributed by atoms with van der Waals surface area (Å²) in [4.78, 5) is 14.7. The van der Waals surface area contributed by atoms with Crippen LogP contribution in [0.5, 0.6) is 0 Å². The number of aliphatic hydroxyl groups is 1. The van der Waals surface area contributed by atoms with Crippen molar-refractivity contribution in [1.29, 1.82) is 0 Å². The van der Waals surface area contributed by atoms with Gasteiger partial charge in [-0.15, -0.1) is 0 Å². The van der Waals surface area contributed by atoms with Crippen molar-refractivity contribution >= 4 is 5.91 Å². The number of carbonyl (C=O) groups excluding carboxylic acids is 1. The number of primary amides is 1. The van der Waals surface area contributed by atoms with Gasteiger partial charge in [0.25, 0.3) is 0 Å². The van der Waals surface area contributed by atoms with Crippen molar-refractivity contribution in [2.75, 3.05) is 6.54 Å². The number of aryl methyl sites for hydroxylation is 1. The summed E-state index contributed by atoms with van der Waals surface area (Å²) in [6.45, 7) is 4.87. The smallest absolute Gasteiger partial charge is 0.248 e. The minimum absolute atomic E-state index is 0.115. The van der Waals surface area contributed by atoms with Crippen molar-refractivity contribution in [3.8, 4) is 0 Å². The second-order valence-electron chi connectivity index (χ2n) is 10.1. The quantitative estimate of drug-likeness (QED) is 0.231. The molecule has 0 spiro atoms. The van der Waals surface area contributed by atoms with Crippen LogP contribution in [-0.4, -0.2) is 28.5 Å². The normalized spacial score (nSPS) is 13.7. The molecule has 4 aromatic carbocycles. The lowest BCUT2D eigenvalue weighted by molar-refractivity contribution is 0.0623. The largest absolute Gasteiger partial charge is 0.387 e. The number of nitrogens with two attached hydrogens (primary N) is 1. The van der Waals surface area contributed by atoms with Gasteiger partial charge in [0, 0.05) is 24.2 Å². The van der Waals surface area contributed by atoms with Crippen molar-refractivity contribution in [3.05, 3.63) is 143 Å². The lowest BCUT2D eigenvalue weighted by atomic mass is 9.94. The molecule has 0 bridgehead atoms. The maximum atomic E-state index is 12.4. The third-order valence-corrected chi connectivity index (χ3v) is 7.44. The van der Waals surface area contributed by atoms with Gasteiger partial charge in [-0.05, 0) is 67.0 Å². The molecule has 0 aromatic heterocycles. The van der Waals surface area contributed by atoms with Crippen LogP contribution in [0.3, 0.4) is 0 Å². The monoisotopic (exact) mass is 506 g/mol. The van der Waals surface area contributed by atoms with Gasteiger partial charge in [0.1, 0.15) is 0 Å². The third-order valence-electron chi connectivity index (χ3n) is 7.44. The molecule has 0 saturated carbocycles. The Morgan fingerprint density at radius 1 is 0.789 bits per heavy atom. The van der Waals surface area contributed by atoms with Crippen LogP contribution in [0, 0.1) is 0 Å². The van der Waals surface area contributed by atoms with Crippen LogP contribution in [0.4, 0.5) is 0 Å². The van der Waals surface area contributed by atoms with Gasteiger partial charge in [0.15, 0.2) is 0 Å². The molecule has 4 heteroatoms. The summed E-state index contributed by atoms with van der Waals surface area (Å²) in [7, 11) is 0. The number of aliphatic hydroxyl groups excluding tert-OH is 1. The van der Waals surface area contributed by atoms with Crippen LogP contribution >= 0.6 is 0 Å². The number of nitrogens with zero attached hydrogens (tertiary/aromatic N) is 1. The third kappa shape index (κ3) is 7.18. The highest BCUT2D eigenvalue weighted by Gasteiger charge is 2.25. The van der Waals surface area contributed by atoms with Gasteiger partial charge in [-0.1, -0.05) is 103 Å². The Balaban J connectivity index is 1.55. The lowest BCUT2D eigenvalue weighted by Gasteiger charge is -2.36. The summed E-state index contributed by atoms with van der Waals surface area (Å²) in [6.07, 6.45) is 1.79. The molecule has 3 N–H and O–H groups in total. The number of hydrogen-bond donors (Lipinski definition) is 2. The van der Waals surface area contributed by atoms with Gasteiger partial charge in [0.05, 0.1) is 6.10 Å². The van der Waals surface area contributed by atoms with Crippen molar-refractivity contribution in [2.45, 2.75) is 51.3 Å². The predicted molar refractivity (Wildman–Crippen MR) is 155 cm³/mol. The molecule has 0 aliphatic carbocycles. The van der Waals surface area contributed by atoms with E-state index in [0.717, 1.165) is 24.0 Å². The summed E-state index contributed by atoms with van der Waals surface area (Å²) in [6, 6.07) is 36.9. The fraction of sp³-hybridized carbons (Fsp3) is 0.265. The number of carbonyl (C=O) groups is 1. The minimum atomic E-state index is -0.760. The van der Waals surface area contributed by atoms with Gasteiger partial charge in [-0.25, -0.2) is 0 Å². The molecule has 4 nitrogen and oxygen atoms in total. The van der Waals surface area contributed by atoms with Crippen molar-refractivity contribution in [3.63, 3.8) is 0 Å². The van der Waals surface area contributed by atoms with Crippen LogP contribution in [0.2, 0.25) is 0 Å². The zero-order chi connectivity index (χ0) is 26.9. The minimum Gasteiger partial charge on any atom is -0.387 e. The zero-order valence-electron chi connectivity index (χ0n) is 22.3. The van der Waals surface area contributed by atoms with E-state index in [-0.39, 0.29) is 12.1 Å². The fourth-order valence-electron chi connectivity index (χ4n) is 5.13. The predicted octanol–water partition coefficient (Wildman–Crippen LogP) is 6.49. The highest BCUT2D eigenvalue weighted by Crippen LogP contribution is 2.29. The summed E-state index contributed by atoms with van der Waals surface area (Å²) in [5, 5.41) is 11.4. The SMILES string of the molecule is C[C@H](CCc1ccccc1)N(C[C@@H](O)c1ccc(Cc2ccccc2)c(C(N)=O)c1)[C@H](C)c1ccccc1. The Morgan fingerprint density at radius 2 is 1.37 bits per heavy atom. The molecule has 0 heterocycles. The number of benzene rings is 4. The second kappa shape index (κ2) is 13.2. The molecular formula is C34H38N2O2. The van der Waals surface area contributed by atoms with E-state index in [9.17, 15) is 9.90 Å². The molecule has 0 unspecified atom stereocenters. The van der Waals surface area contributed by atoms with E-state index in [1.165, 1.54) is 11.1 Å². The van der Waals surface area contributed by atoms with E-state index in [1.807, 2.05) is 54.6 Å². The van der Waals surface area contributed by atoms with Crippen molar-refractivity contribution in [2.24, 2.45) is 5.73 Å². The van der Waals surface area contributed by atoms with Gasteiger partial charge in [-0.3, -0.25) is 9.69 Å². The summed E-state index contributed by atoms with van der Waals surface area (Å²) in [5.41, 5.74) is 11.4. The van der Waals surface area contributed by atoms with E-state index in [1.54, 1.807) is 6.07 Å². The molecule has 4 aromatic rings. The summed E-state index contributed by atoms with van der Waals surface area (Å²) in [5.74, 6) is -0.476. The van der Waals surface area contributed by atoms with Crippen LogP contribution in [0.1, 0.15) is 70.6 Å². The topological polar surface area (TPSA) is 66.6 Å². The Morgan fingerprint density at radius 3 is 1.97 bits per heavy atom. The van der Waals surface area contributed by atoms with Crippen LogP contribution in [0.25, 0.3) is 0 Å². The average Bonchev–Trinajstić information content (AvgIpc) is 2.95. The van der Waals surface area contributed by atoms with Gasteiger partial charge < -0.3 is 10.8 Å². The van der Waals surface area contributed by atoms with Crippen molar-refractivity contribution < 1.29 is 9.90 Å². The molecule has 3 atom stereocenters. The van der Waals surface area contributed by atoms with Crippen molar-refractivity contribution in [1.82, 2.24) is 4.90 Å². The maximum Gasteiger partial charge on any atom is 0.248 e. The molecule has 196 valence electrons. The maximum absolute atomic E-state index is 12.4. The molecule has 1 amide bonds. The first-order chi connectivity index (χ1) is 18.4. The molecule has 0 aliphatic rings. The number of hydrogen-bond acceptors (Lipinski definition) is 3. The summed E-state index contributed by atoms with van der Waals surface area (Å²) >= 11 is 0. The standard InChI is InChI=1S/C34H38N2O2/c1-25(18-19-27-12-6-3-7-13-27)36(26(2)29-16-10-5-11-17-29)24-33(37)31-21-20-30(32(23-31)34(35)38)22-28-14-8-4-9-15-28/h3-17,20-21,23,25-26,33,37H,18-19,22,24H2,1-2H3,(H2,35,38)/t25-,26-,33-/m1/s1. The highest BCUT2D eigenvalue weighted by molar-refractivity contribution is 5.94. The highest BCUT2D eigenvalue weighted by atomic mass is 16.3. The first kappa shape index (κ1) is 27.3. The molecule has 0 saturated heterocycles. The van der Waals surface area contributed by atoms with Gasteiger partial charge >= 0.3 is 0 Å². The van der Waals surface area contributed by atoms with Gasteiger partial charge in [0.2, 0.25) is 5.91 Å². The second-order valence-corrected chi connectivity index (χ2v) is 10.1. The molecular weight excluding hydrogens is 468 g/mol.